The van der Waals surface area contributed by atoms with Crippen molar-refractivity contribution in [1.82, 2.24) is 5.32 Å². The van der Waals surface area contributed by atoms with Crippen molar-refractivity contribution in [3.63, 3.8) is 0 Å². The number of esters is 1. The highest BCUT2D eigenvalue weighted by Crippen LogP contribution is 2.28. The molecule has 2 aromatic rings. The highest BCUT2D eigenvalue weighted by Gasteiger charge is 2.35. The molecule has 6 nitrogen and oxygen atoms in total. The minimum Gasteiger partial charge on any atom is -0.461 e. The van der Waals surface area contributed by atoms with E-state index >= 15 is 0 Å². The van der Waals surface area contributed by atoms with Gasteiger partial charge in [-0.05, 0) is 57.6 Å². The fourth-order valence-corrected chi connectivity index (χ4v) is 4.16. The van der Waals surface area contributed by atoms with E-state index in [0.717, 1.165) is 12.8 Å². The molecule has 4 atom stereocenters. The summed E-state index contributed by atoms with van der Waals surface area (Å²) in [6.45, 7) is 7.74. The Kier molecular flexibility index (Phi) is 8.50. The maximum atomic E-state index is 12.9. The molecule has 1 aliphatic heterocycles. The lowest BCUT2D eigenvalue weighted by Gasteiger charge is -2.31. The van der Waals surface area contributed by atoms with Crippen LogP contribution in [-0.2, 0) is 31.8 Å². The lowest BCUT2D eigenvalue weighted by atomic mass is 9.80. The molecule has 1 N–H and O–H groups in total. The van der Waals surface area contributed by atoms with E-state index in [-0.39, 0.29) is 24.5 Å². The van der Waals surface area contributed by atoms with Crippen LogP contribution < -0.4 is 5.32 Å². The first kappa shape index (κ1) is 24.8. The number of carbonyl (C=O) groups excluding carboxylic acids is 2. The maximum absolute atomic E-state index is 12.9. The minimum absolute atomic E-state index is 0.0359. The van der Waals surface area contributed by atoms with Crippen LogP contribution in [0.15, 0.2) is 60.7 Å². The largest absolute Gasteiger partial charge is 0.461 e. The van der Waals surface area contributed by atoms with Gasteiger partial charge in [0.2, 0.25) is 0 Å². The van der Waals surface area contributed by atoms with E-state index in [1.165, 1.54) is 11.1 Å². The lowest BCUT2D eigenvalue weighted by Crippen LogP contribution is -2.47. The van der Waals surface area contributed by atoms with Crippen molar-refractivity contribution in [3.05, 3.63) is 71.8 Å². The summed E-state index contributed by atoms with van der Waals surface area (Å²) in [5.41, 5.74) is 1.74. The summed E-state index contributed by atoms with van der Waals surface area (Å²) < 4.78 is 17.2. The van der Waals surface area contributed by atoms with Crippen LogP contribution in [0.5, 0.6) is 0 Å². The third-order valence-corrected chi connectivity index (χ3v) is 5.76. The monoisotopic (exact) mass is 453 g/mol. The summed E-state index contributed by atoms with van der Waals surface area (Å²) in [5, 5.41) is 2.61. The molecule has 0 spiro atoms. The number of amides is 1. The first-order chi connectivity index (χ1) is 15.7. The predicted octanol–water partition coefficient (Wildman–Crippen LogP) is 4.56. The van der Waals surface area contributed by atoms with Gasteiger partial charge in [0.05, 0.1) is 13.2 Å². The summed E-state index contributed by atoms with van der Waals surface area (Å²) in [4.78, 5) is 25.2. The van der Waals surface area contributed by atoms with Gasteiger partial charge < -0.3 is 19.5 Å². The molecule has 3 rings (SSSR count). The molecule has 1 amide bonds. The van der Waals surface area contributed by atoms with Crippen molar-refractivity contribution in [2.24, 2.45) is 11.8 Å². The summed E-state index contributed by atoms with van der Waals surface area (Å²) in [5.74, 6) is -0.320. The number of cyclic esters (lactones) is 1. The van der Waals surface area contributed by atoms with Crippen LogP contribution in [0, 0.1) is 11.8 Å². The van der Waals surface area contributed by atoms with Gasteiger partial charge in [-0.2, -0.15) is 0 Å². The molecule has 178 valence electrons. The Labute approximate surface area is 196 Å². The molecule has 2 aromatic carbocycles. The van der Waals surface area contributed by atoms with Crippen molar-refractivity contribution in [2.45, 2.75) is 58.3 Å². The first-order valence-corrected chi connectivity index (χ1v) is 11.6. The second kappa shape index (κ2) is 11.3. The van der Waals surface area contributed by atoms with E-state index in [9.17, 15) is 9.59 Å². The smallest absolute Gasteiger partial charge is 0.408 e. The Bertz CT molecular complexity index is 894. The second-order valence-electron chi connectivity index (χ2n) is 9.68. The first-order valence-electron chi connectivity index (χ1n) is 11.6. The molecule has 33 heavy (non-hydrogen) atoms. The van der Waals surface area contributed by atoms with E-state index in [2.05, 4.69) is 29.6 Å². The van der Waals surface area contributed by atoms with Gasteiger partial charge in [-0.15, -0.1) is 0 Å². The van der Waals surface area contributed by atoms with Crippen molar-refractivity contribution >= 4 is 12.1 Å². The van der Waals surface area contributed by atoms with Crippen molar-refractivity contribution in [1.29, 1.82) is 0 Å². The van der Waals surface area contributed by atoms with E-state index in [1.807, 2.05) is 43.3 Å². The van der Waals surface area contributed by atoms with E-state index in [0.29, 0.717) is 6.61 Å². The standard InChI is InChI=1S/C27H35NO5/c1-19-23(16-21-13-9-6-10-14-21)22(15-20-11-7-5-8-12-20)17-31-18-24(25(29)32-19)28-26(30)33-27(2,3)4/h5-14,19,22-24H,15-18H2,1-4H3,(H,28,30)/t19-,22+,23+,24+/m1/s1. The van der Waals surface area contributed by atoms with E-state index in [1.54, 1.807) is 20.8 Å². The Morgan fingerprint density at radius 1 is 0.970 bits per heavy atom. The molecular formula is C27H35NO5. The van der Waals surface area contributed by atoms with Crippen LogP contribution in [0.4, 0.5) is 4.79 Å². The Hall–Kier alpha value is -2.86. The van der Waals surface area contributed by atoms with Crippen LogP contribution in [-0.4, -0.2) is 43.0 Å². The number of rotatable bonds is 5. The van der Waals surface area contributed by atoms with Gasteiger partial charge in [0.1, 0.15) is 11.7 Å². The Morgan fingerprint density at radius 3 is 2.12 bits per heavy atom. The molecule has 0 unspecified atom stereocenters. The number of hydrogen-bond acceptors (Lipinski definition) is 5. The summed E-state index contributed by atoms with van der Waals surface area (Å²) in [7, 11) is 0. The fraction of sp³-hybridized carbons (Fsp3) is 0.481. The van der Waals surface area contributed by atoms with Gasteiger partial charge in [-0.3, -0.25) is 0 Å². The molecule has 0 aliphatic carbocycles. The molecule has 6 heteroatoms. The topological polar surface area (TPSA) is 73.9 Å². The zero-order valence-electron chi connectivity index (χ0n) is 20.0. The maximum Gasteiger partial charge on any atom is 0.408 e. The fourth-order valence-electron chi connectivity index (χ4n) is 4.16. The molecule has 1 fully saturated rings. The average Bonchev–Trinajstić information content (AvgIpc) is 2.80. The summed E-state index contributed by atoms with van der Waals surface area (Å²) in [6.07, 6.45) is 0.558. The van der Waals surface area contributed by atoms with Crippen LogP contribution in [0.2, 0.25) is 0 Å². The summed E-state index contributed by atoms with van der Waals surface area (Å²) >= 11 is 0. The highest BCUT2D eigenvalue weighted by atomic mass is 16.6. The molecular weight excluding hydrogens is 418 g/mol. The predicted molar refractivity (Wildman–Crippen MR) is 127 cm³/mol. The van der Waals surface area contributed by atoms with Crippen LogP contribution in [0.25, 0.3) is 0 Å². The number of alkyl carbamates (subject to hydrolysis) is 1. The number of carbonyl (C=O) groups is 2. The normalized spacial score (nSPS) is 24.1. The van der Waals surface area contributed by atoms with Gasteiger partial charge >= 0.3 is 12.1 Å². The SMILES string of the molecule is C[C@H]1OC(=O)[C@@H](NC(=O)OC(C)(C)C)COC[C@H](Cc2ccccc2)[C@H]1Cc1ccccc1. The quantitative estimate of drug-likeness (QED) is 0.672. The third kappa shape index (κ3) is 7.90. The number of nitrogens with one attached hydrogen (secondary N) is 1. The molecule has 0 bridgehead atoms. The number of hydrogen-bond donors (Lipinski definition) is 1. The third-order valence-electron chi connectivity index (χ3n) is 5.76. The molecule has 1 saturated heterocycles. The van der Waals surface area contributed by atoms with E-state index < -0.39 is 23.7 Å². The van der Waals surface area contributed by atoms with Gasteiger partial charge in [0.25, 0.3) is 0 Å². The average molecular weight is 454 g/mol. The molecule has 0 aromatic heterocycles. The molecule has 1 heterocycles. The van der Waals surface area contributed by atoms with Gasteiger partial charge in [-0.1, -0.05) is 60.7 Å². The second-order valence-corrected chi connectivity index (χ2v) is 9.68. The van der Waals surface area contributed by atoms with Gasteiger partial charge in [-0.25, -0.2) is 9.59 Å². The number of benzene rings is 2. The zero-order chi connectivity index (χ0) is 23.8. The van der Waals surface area contributed by atoms with Crippen molar-refractivity contribution in [3.8, 4) is 0 Å². The molecule has 1 aliphatic rings. The lowest BCUT2D eigenvalue weighted by molar-refractivity contribution is -0.154. The Morgan fingerprint density at radius 2 is 1.55 bits per heavy atom. The van der Waals surface area contributed by atoms with Crippen LogP contribution in [0.3, 0.4) is 0 Å². The van der Waals surface area contributed by atoms with Crippen molar-refractivity contribution < 1.29 is 23.8 Å². The summed E-state index contributed by atoms with van der Waals surface area (Å²) in [6, 6.07) is 19.6. The molecule has 0 radical (unpaired) electrons. The zero-order valence-corrected chi connectivity index (χ0v) is 20.0. The van der Waals surface area contributed by atoms with Crippen molar-refractivity contribution in [2.75, 3.05) is 13.2 Å². The minimum atomic E-state index is -0.921. The van der Waals surface area contributed by atoms with Gasteiger partial charge in [0.15, 0.2) is 6.04 Å². The number of ether oxygens (including phenoxy) is 3. The van der Waals surface area contributed by atoms with Crippen LogP contribution in [0.1, 0.15) is 38.8 Å². The Balaban J connectivity index is 1.79. The van der Waals surface area contributed by atoms with Gasteiger partial charge in [0, 0.05) is 5.92 Å². The molecule has 0 saturated carbocycles. The van der Waals surface area contributed by atoms with E-state index in [4.69, 9.17) is 14.2 Å². The van der Waals surface area contributed by atoms with Crippen LogP contribution >= 0.6 is 0 Å². The highest BCUT2D eigenvalue weighted by molar-refractivity contribution is 5.81.